The number of benzene rings is 2. The Bertz CT molecular complexity index is 1090. The van der Waals surface area contributed by atoms with Gasteiger partial charge in [0, 0.05) is 46.5 Å². The molecule has 5 nitrogen and oxygen atoms in total. The zero-order valence-corrected chi connectivity index (χ0v) is 17.5. The Morgan fingerprint density at radius 2 is 2.00 bits per heavy atom. The summed E-state index contributed by atoms with van der Waals surface area (Å²) in [5, 5.41) is 5.18. The van der Waals surface area contributed by atoms with Crippen LogP contribution in [0.2, 0.25) is 10.0 Å². The summed E-state index contributed by atoms with van der Waals surface area (Å²) in [6, 6.07) is 12.5. The fraction of sp³-hybridized carbons (Fsp3) is 0.273. The van der Waals surface area contributed by atoms with Gasteiger partial charge in [0.1, 0.15) is 6.04 Å². The molecule has 29 heavy (non-hydrogen) atoms. The van der Waals surface area contributed by atoms with Gasteiger partial charge >= 0.3 is 0 Å². The molecule has 2 aromatic carbocycles. The monoisotopic (exact) mass is 429 g/mol. The number of fused-ring (bicyclic) bond motifs is 3. The Hall–Kier alpha value is -2.50. The van der Waals surface area contributed by atoms with E-state index < -0.39 is 6.04 Å². The minimum atomic E-state index is -0.659. The van der Waals surface area contributed by atoms with E-state index in [-0.39, 0.29) is 11.8 Å². The minimum Gasteiger partial charge on any atom is -0.357 e. The van der Waals surface area contributed by atoms with Gasteiger partial charge in [0.2, 0.25) is 11.8 Å². The highest BCUT2D eigenvalue weighted by molar-refractivity contribution is 6.31. The van der Waals surface area contributed by atoms with E-state index >= 15 is 0 Å². The predicted octanol–water partition coefficient (Wildman–Crippen LogP) is 4.11. The summed E-state index contributed by atoms with van der Waals surface area (Å²) in [6.07, 6.45) is 1.09. The van der Waals surface area contributed by atoms with Crippen molar-refractivity contribution in [2.24, 2.45) is 0 Å². The normalized spacial score (nSPS) is 14.5. The Labute approximate surface area is 179 Å². The average molecular weight is 430 g/mol. The van der Waals surface area contributed by atoms with Crippen molar-refractivity contribution in [3.05, 3.63) is 69.3 Å². The van der Waals surface area contributed by atoms with Crippen LogP contribution in [0.15, 0.2) is 42.5 Å². The van der Waals surface area contributed by atoms with E-state index in [4.69, 9.17) is 23.2 Å². The number of aromatic nitrogens is 1. The second kappa shape index (κ2) is 8.09. The first-order valence-electron chi connectivity index (χ1n) is 9.50. The third-order valence-corrected chi connectivity index (χ3v) is 5.91. The van der Waals surface area contributed by atoms with Crippen LogP contribution in [0.1, 0.15) is 23.7 Å². The molecule has 2 N–H and O–H groups in total. The molecule has 0 saturated carbocycles. The summed E-state index contributed by atoms with van der Waals surface area (Å²) >= 11 is 12.4. The summed E-state index contributed by atoms with van der Waals surface area (Å²) < 4.78 is 0. The van der Waals surface area contributed by atoms with E-state index in [2.05, 4.69) is 10.3 Å². The van der Waals surface area contributed by atoms with Crippen molar-refractivity contribution in [2.45, 2.75) is 32.4 Å². The van der Waals surface area contributed by atoms with Gasteiger partial charge in [-0.2, -0.15) is 0 Å². The van der Waals surface area contributed by atoms with Crippen LogP contribution >= 0.6 is 23.2 Å². The second-order valence-corrected chi connectivity index (χ2v) is 8.17. The predicted molar refractivity (Wildman–Crippen MR) is 115 cm³/mol. The first kappa shape index (κ1) is 19.8. The van der Waals surface area contributed by atoms with Gasteiger partial charge in [-0.3, -0.25) is 9.59 Å². The molecule has 0 aliphatic carbocycles. The van der Waals surface area contributed by atoms with Gasteiger partial charge in [0.15, 0.2) is 0 Å². The van der Waals surface area contributed by atoms with Gasteiger partial charge in [0.05, 0.1) is 6.54 Å². The van der Waals surface area contributed by atoms with Crippen LogP contribution in [0.3, 0.4) is 0 Å². The van der Waals surface area contributed by atoms with Gasteiger partial charge in [0.25, 0.3) is 0 Å². The lowest BCUT2D eigenvalue weighted by Gasteiger charge is -2.31. The molecule has 0 bridgehead atoms. The van der Waals surface area contributed by atoms with E-state index in [1.54, 1.807) is 11.0 Å². The van der Waals surface area contributed by atoms with Crippen molar-refractivity contribution in [2.75, 3.05) is 6.54 Å². The fourth-order valence-corrected chi connectivity index (χ4v) is 4.34. The number of aromatic amines is 1. The number of hydrogen-bond acceptors (Lipinski definition) is 2. The van der Waals surface area contributed by atoms with E-state index in [1.807, 2.05) is 36.4 Å². The number of halogens is 2. The quantitative estimate of drug-likeness (QED) is 0.655. The van der Waals surface area contributed by atoms with Crippen molar-refractivity contribution >= 4 is 45.9 Å². The molecule has 0 spiro atoms. The van der Waals surface area contributed by atoms with Crippen molar-refractivity contribution in [1.82, 2.24) is 15.2 Å². The summed E-state index contributed by atoms with van der Waals surface area (Å²) in [4.78, 5) is 30.2. The number of carbonyl (C=O) groups is 2. The molecule has 2 heterocycles. The van der Waals surface area contributed by atoms with Crippen LogP contribution in [-0.2, 0) is 29.0 Å². The van der Waals surface area contributed by atoms with Gasteiger partial charge in [-0.15, -0.1) is 0 Å². The summed E-state index contributed by atoms with van der Waals surface area (Å²) in [7, 11) is 0. The largest absolute Gasteiger partial charge is 0.357 e. The van der Waals surface area contributed by atoms with Crippen molar-refractivity contribution in [1.29, 1.82) is 0 Å². The Kier molecular flexibility index (Phi) is 5.52. The lowest BCUT2D eigenvalue weighted by atomic mass is 10.0. The minimum absolute atomic E-state index is 0.109. The zero-order chi connectivity index (χ0) is 20.5. The number of hydrogen-bond donors (Lipinski definition) is 2. The molecular weight excluding hydrogens is 409 g/mol. The van der Waals surface area contributed by atoms with Crippen LogP contribution in [0, 0.1) is 0 Å². The number of nitrogens with zero attached hydrogens (tertiary/aromatic N) is 1. The third kappa shape index (κ3) is 4.11. The molecule has 1 aliphatic heterocycles. The Morgan fingerprint density at radius 1 is 1.21 bits per heavy atom. The molecule has 7 heteroatoms. The van der Waals surface area contributed by atoms with E-state index in [9.17, 15) is 9.59 Å². The van der Waals surface area contributed by atoms with Crippen LogP contribution in [0.4, 0.5) is 0 Å². The standard InChI is InChI=1S/C22H21Cl2N3O2/c1-13(28)25-20(10-14-4-2-3-5-18(14)24)22(29)27-9-8-16-17-11-15(23)6-7-19(17)26-21(16)12-27/h2-7,11,20,26H,8-10,12H2,1H3,(H,25,28)/t20-/m0/s1. The second-order valence-electron chi connectivity index (χ2n) is 7.33. The smallest absolute Gasteiger partial charge is 0.245 e. The summed E-state index contributed by atoms with van der Waals surface area (Å²) in [5.74, 6) is -0.351. The first-order chi connectivity index (χ1) is 13.9. The maximum atomic E-state index is 13.3. The van der Waals surface area contributed by atoms with Gasteiger partial charge in [-0.05, 0) is 41.8 Å². The van der Waals surface area contributed by atoms with Crippen LogP contribution in [0.25, 0.3) is 10.9 Å². The number of rotatable bonds is 4. The first-order valence-corrected chi connectivity index (χ1v) is 10.3. The molecule has 0 fully saturated rings. The average Bonchev–Trinajstić information content (AvgIpc) is 3.05. The summed E-state index contributed by atoms with van der Waals surface area (Å²) in [6.45, 7) is 2.48. The lowest BCUT2D eigenvalue weighted by molar-refractivity contribution is -0.136. The maximum absolute atomic E-state index is 13.3. The van der Waals surface area contributed by atoms with Gasteiger partial charge < -0.3 is 15.2 Å². The molecule has 2 amide bonds. The van der Waals surface area contributed by atoms with Crippen LogP contribution in [-0.4, -0.2) is 34.3 Å². The van der Waals surface area contributed by atoms with E-state index in [1.165, 1.54) is 12.5 Å². The maximum Gasteiger partial charge on any atom is 0.245 e. The van der Waals surface area contributed by atoms with Crippen LogP contribution < -0.4 is 5.32 Å². The van der Waals surface area contributed by atoms with Crippen molar-refractivity contribution in [3.8, 4) is 0 Å². The van der Waals surface area contributed by atoms with Crippen LogP contribution in [0.5, 0.6) is 0 Å². The summed E-state index contributed by atoms with van der Waals surface area (Å²) in [5.41, 5.74) is 4.07. The highest BCUT2D eigenvalue weighted by atomic mass is 35.5. The van der Waals surface area contributed by atoms with Crippen molar-refractivity contribution in [3.63, 3.8) is 0 Å². The zero-order valence-electron chi connectivity index (χ0n) is 16.0. The molecule has 0 unspecified atom stereocenters. The highest BCUT2D eigenvalue weighted by Crippen LogP contribution is 2.30. The highest BCUT2D eigenvalue weighted by Gasteiger charge is 2.30. The molecule has 3 aromatic rings. The molecule has 150 valence electrons. The van der Waals surface area contributed by atoms with Gasteiger partial charge in [-0.1, -0.05) is 41.4 Å². The van der Waals surface area contributed by atoms with E-state index in [0.717, 1.165) is 28.6 Å². The van der Waals surface area contributed by atoms with Crippen molar-refractivity contribution < 1.29 is 9.59 Å². The molecule has 1 aromatic heterocycles. The van der Waals surface area contributed by atoms with Gasteiger partial charge in [-0.25, -0.2) is 0 Å². The Balaban J connectivity index is 1.57. The molecule has 0 radical (unpaired) electrons. The fourth-order valence-electron chi connectivity index (χ4n) is 3.95. The molecule has 1 aliphatic rings. The number of H-pyrrole nitrogens is 1. The number of amides is 2. The topological polar surface area (TPSA) is 65.2 Å². The lowest BCUT2D eigenvalue weighted by Crippen LogP contribution is -2.50. The Morgan fingerprint density at radius 3 is 2.76 bits per heavy atom. The third-order valence-electron chi connectivity index (χ3n) is 5.31. The SMILES string of the molecule is CC(=O)N[C@@H](Cc1ccccc1Cl)C(=O)N1CCc2c([nH]c3ccc(Cl)cc23)C1. The molecular formula is C22H21Cl2N3O2. The molecule has 0 saturated heterocycles. The van der Waals surface area contributed by atoms with E-state index in [0.29, 0.717) is 29.6 Å². The number of nitrogens with one attached hydrogen (secondary N) is 2. The molecule has 1 atom stereocenters. The molecule has 4 rings (SSSR count). The number of carbonyl (C=O) groups excluding carboxylic acids is 2.